The molecular formula is C23H26N7O7S2+. The van der Waals surface area contributed by atoms with Crippen LogP contribution in [-0.4, -0.2) is 78.2 Å². The Balaban J connectivity index is 1.44. The number of carboxylic acids is 1. The van der Waals surface area contributed by atoms with E-state index in [4.69, 9.17) is 20.4 Å². The second-order valence-corrected chi connectivity index (χ2v) is 10.9. The average molecular weight is 577 g/mol. The van der Waals surface area contributed by atoms with Gasteiger partial charge in [-0.1, -0.05) is 5.16 Å². The summed E-state index contributed by atoms with van der Waals surface area (Å²) < 4.78 is 10.8. The summed E-state index contributed by atoms with van der Waals surface area (Å²) in [5.41, 5.74) is 4.95. The number of ether oxygens (including phenoxy) is 1. The molecule has 2 aromatic rings. The second kappa shape index (κ2) is 11.4. The number of nitrogens with zero attached hydrogens (tertiary/aromatic N) is 5. The van der Waals surface area contributed by atoms with Crippen LogP contribution >= 0.6 is 23.3 Å². The maximum Gasteiger partial charge on any atom is 0.352 e. The van der Waals surface area contributed by atoms with Crippen LogP contribution in [0.5, 0.6) is 0 Å². The van der Waals surface area contributed by atoms with Gasteiger partial charge < -0.3 is 30.6 Å². The number of β-lactam (4-membered cyclic amide) rings is 1. The number of amides is 2. The van der Waals surface area contributed by atoms with Gasteiger partial charge in [-0.2, -0.15) is 9.36 Å². The van der Waals surface area contributed by atoms with Crippen molar-refractivity contribution in [3.63, 3.8) is 0 Å². The van der Waals surface area contributed by atoms with E-state index in [0.717, 1.165) is 17.1 Å². The van der Waals surface area contributed by atoms with Crippen molar-refractivity contribution in [2.45, 2.75) is 44.3 Å². The molecule has 0 bridgehead atoms. The van der Waals surface area contributed by atoms with Gasteiger partial charge in [0.15, 0.2) is 24.1 Å². The number of aromatic nitrogens is 3. The lowest BCUT2D eigenvalue weighted by atomic mass is 10.1. The smallest absolute Gasteiger partial charge is 0.352 e. The Morgan fingerprint density at radius 1 is 1.33 bits per heavy atom. The molecule has 0 aromatic carbocycles. The summed E-state index contributed by atoms with van der Waals surface area (Å²) in [6.07, 6.45) is 5.06. The van der Waals surface area contributed by atoms with Crippen molar-refractivity contribution in [1.29, 1.82) is 0 Å². The number of aromatic carboxylic acids is 1. The Bertz CT molecular complexity index is 1360. The summed E-state index contributed by atoms with van der Waals surface area (Å²) in [5, 5.41) is 15.3. The van der Waals surface area contributed by atoms with Crippen LogP contribution in [0.15, 0.2) is 41.5 Å². The number of oxime groups is 1. The molecule has 2 atom stereocenters. The minimum absolute atomic E-state index is 0.0945. The first-order valence-corrected chi connectivity index (χ1v) is 13.5. The normalized spacial score (nSPS) is 18.9. The molecule has 0 saturated carbocycles. The minimum atomic E-state index is -1.50. The molecule has 16 heteroatoms. The van der Waals surface area contributed by atoms with Gasteiger partial charge in [-0.25, -0.2) is 14.2 Å². The highest BCUT2D eigenvalue weighted by Crippen LogP contribution is 2.36. The number of hydrogen-bond donors (Lipinski definition) is 3. The molecule has 2 amide bonds. The van der Waals surface area contributed by atoms with Gasteiger partial charge in [0.05, 0.1) is 12.2 Å². The van der Waals surface area contributed by atoms with Gasteiger partial charge in [0.2, 0.25) is 17.1 Å². The fourth-order valence-electron chi connectivity index (χ4n) is 3.61. The predicted octanol–water partition coefficient (Wildman–Crippen LogP) is 0.152. The second-order valence-electron chi connectivity index (χ2n) is 8.97. The summed E-state index contributed by atoms with van der Waals surface area (Å²) in [4.78, 5) is 60.1. The molecule has 2 aliphatic rings. The fraction of sp³-hybridized carbons (Fsp3) is 0.391. The Morgan fingerprint density at radius 3 is 2.67 bits per heavy atom. The van der Waals surface area contributed by atoms with E-state index in [2.05, 4.69) is 19.8 Å². The zero-order chi connectivity index (χ0) is 28.3. The number of esters is 1. The monoisotopic (exact) mass is 576 g/mol. The van der Waals surface area contributed by atoms with Crippen LogP contribution in [0.4, 0.5) is 5.13 Å². The summed E-state index contributed by atoms with van der Waals surface area (Å²) in [6, 6.07) is 2.18. The predicted molar refractivity (Wildman–Crippen MR) is 139 cm³/mol. The largest absolute Gasteiger partial charge is 0.478 e. The van der Waals surface area contributed by atoms with Crippen LogP contribution in [0.1, 0.15) is 37.0 Å². The Labute approximate surface area is 231 Å². The van der Waals surface area contributed by atoms with E-state index >= 15 is 0 Å². The summed E-state index contributed by atoms with van der Waals surface area (Å²) in [5.74, 6) is -2.29. The van der Waals surface area contributed by atoms with Crippen molar-refractivity contribution in [3.05, 3.63) is 47.7 Å². The molecule has 39 heavy (non-hydrogen) atoms. The molecule has 0 radical (unpaired) electrons. The van der Waals surface area contributed by atoms with Gasteiger partial charge in [-0.05, 0) is 20.8 Å². The summed E-state index contributed by atoms with van der Waals surface area (Å²) in [7, 11) is 0. The molecule has 1 saturated heterocycles. The highest BCUT2D eigenvalue weighted by Gasteiger charge is 2.50. The molecule has 1 unspecified atom stereocenters. The lowest BCUT2D eigenvalue weighted by Crippen LogP contribution is -2.69. The first-order valence-electron chi connectivity index (χ1n) is 11.7. The summed E-state index contributed by atoms with van der Waals surface area (Å²) >= 11 is 2.32. The van der Waals surface area contributed by atoms with Crippen LogP contribution < -0.4 is 15.6 Å². The highest BCUT2D eigenvalue weighted by atomic mass is 32.2. The number of nitrogen functional groups attached to an aromatic ring is 1. The molecule has 4 N–H and O–H groups in total. The van der Waals surface area contributed by atoms with Gasteiger partial charge >= 0.3 is 11.9 Å². The van der Waals surface area contributed by atoms with Crippen molar-refractivity contribution in [3.8, 4) is 0 Å². The van der Waals surface area contributed by atoms with Gasteiger partial charge in [0, 0.05) is 41.2 Å². The number of nitrogens with one attached hydrogen (secondary N) is 1. The zero-order valence-corrected chi connectivity index (χ0v) is 22.8. The topological polar surface area (TPSA) is 190 Å². The van der Waals surface area contributed by atoms with Crippen molar-refractivity contribution < 1.29 is 38.4 Å². The molecule has 4 heterocycles. The zero-order valence-electron chi connectivity index (χ0n) is 21.2. The van der Waals surface area contributed by atoms with Gasteiger partial charge in [-0.3, -0.25) is 9.59 Å². The van der Waals surface area contributed by atoms with Gasteiger partial charge in [0.1, 0.15) is 11.4 Å². The highest BCUT2D eigenvalue weighted by molar-refractivity contribution is 8.00. The SMILES string of the molecule is CCOC(=O)C(C)(C)O/N=C(\C(=O)NC1C(=O)N2C=C(C[n+]3ccc(C(=O)O)cc3)CS[C@H]12)c1nsc(N)n1. The molecular weight excluding hydrogens is 550 g/mol. The quantitative estimate of drug-likeness (QED) is 0.115. The van der Waals surface area contributed by atoms with Crippen LogP contribution in [0.3, 0.4) is 0 Å². The molecule has 14 nitrogen and oxygen atoms in total. The lowest BCUT2D eigenvalue weighted by molar-refractivity contribution is -0.689. The first kappa shape index (κ1) is 28.0. The molecule has 206 valence electrons. The first-order chi connectivity index (χ1) is 18.5. The number of carboxylic acid groups (broad SMARTS) is 1. The third-order valence-electron chi connectivity index (χ3n) is 5.65. The van der Waals surface area contributed by atoms with Crippen molar-refractivity contribution in [2.24, 2.45) is 5.16 Å². The van der Waals surface area contributed by atoms with E-state index in [0.29, 0.717) is 12.3 Å². The van der Waals surface area contributed by atoms with Gasteiger partial charge in [0.25, 0.3) is 11.8 Å². The standard InChI is InChI=1S/C23H25N7O7S2/c1-4-36-21(35)23(2,3)37-27-14(16-26-22(24)39-28-16)17(31)25-15-18(32)30-10-12(11-38-19(15)30)9-29-7-5-13(6-8-29)20(33)34/h5-8,10,15,19H,4,9,11H2,1-3H3,(H3-,24,25,26,28,31,33,34)/p+1/b27-14-/t15?,19-/m1/s1. The molecule has 0 aliphatic carbocycles. The number of carbonyl (C=O) groups excluding carboxylic acids is 3. The molecule has 2 aliphatic heterocycles. The van der Waals surface area contributed by atoms with Crippen LogP contribution in [0.2, 0.25) is 0 Å². The van der Waals surface area contributed by atoms with E-state index in [1.807, 2.05) is 4.57 Å². The van der Waals surface area contributed by atoms with Crippen LogP contribution in [-0.2, 0) is 30.5 Å². The van der Waals surface area contributed by atoms with E-state index in [9.17, 15) is 19.2 Å². The number of anilines is 1. The van der Waals surface area contributed by atoms with Crippen molar-refractivity contribution in [2.75, 3.05) is 18.1 Å². The van der Waals surface area contributed by atoms with Crippen LogP contribution in [0, 0.1) is 0 Å². The Kier molecular flexibility index (Phi) is 8.15. The third kappa shape index (κ3) is 6.17. The van der Waals surface area contributed by atoms with E-state index in [-0.39, 0.29) is 40.1 Å². The number of carbonyl (C=O) groups is 4. The van der Waals surface area contributed by atoms with Crippen molar-refractivity contribution >= 4 is 57.9 Å². The maximum absolute atomic E-state index is 13.2. The molecule has 1 fully saturated rings. The van der Waals surface area contributed by atoms with Crippen LogP contribution in [0.25, 0.3) is 0 Å². The number of pyridine rings is 1. The molecule has 2 aromatic heterocycles. The number of fused-ring (bicyclic) bond motifs is 1. The van der Waals surface area contributed by atoms with Crippen molar-refractivity contribution in [1.82, 2.24) is 19.6 Å². The van der Waals surface area contributed by atoms with E-state index in [1.54, 1.807) is 25.5 Å². The minimum Gasteiger partial charge on any atom is -0.478 e. The average Bonchev–Trinajstić information content (AvgIpc) is 3.33. The Morgan fingerprint density at radius 2 is 2.05 bits per heavy atom. The number of nitrogens with two attached hydrogens (primary N) is 1. The van der Waals surface area contributed by atoms with E-state index < -0.39 is 29.5 Å². The number of rotatable bonds is 10. The fourth-order valence-corrected chi connectivity index (χ4v) is 5.30. The lowest BCUT2D eigenvalue weighted by Gasteiger charge is -2.47. The third-order valence-corrected chi connectivity index (χ3v) is 7.57. The number of hydrogen-bond acceptors (Lipinski definition) is 12. The molecule has 4 rings (SSSR count). The molecule has 0 spiro atoms. The maximum atomic E-state index is 13.2. The summed E-state index contributed by atoms with van der Waals surface area (Å²) in [6.45, 7) is 5.12. The van der Waals surface area contributed by atoms with Gasteiger partial charge in [-0.15, -0.1) is 11.8 Å². The Hall–Kier alpha value is -4.05. The van der Waals surface area contributed by atoms with E-state index in [1.165, 1.54) is 42.6 Å². The number of thioether (sulfide) groups is 1.